The number of azo groups is 1. The number of benzene rings is 1. The lowest BCUT2D eigenvalue weighted by Gasteiger charge is -2.09. The van der Waals surface area contributed by atoms with E-state index in [2.05, 4.69) is 15.3 Å². The van der Waals surface area contributed by atoms with Crippen LogP contribution in [0.5, 0.6) is 0 Å². The van der Waals surface area contributed by atoms with Crippen LogP contribution in [0.4, 0.5) is 5.69 Å². The van der Waals surface area contributed by atoms with Crippen molar-refractivity contribution < 1.29 is 17.8 Å². The third kappa shape index (κ3) is 3.78. The average molecular weight is 346 g/mol. The molecule has 11 heteroatoms. The fourth-order valence-electron chi connectivity index (χ4n) is 1.80. The highest BCUT2D eigenvalue weighted by molar-refractivity contribution is 7.85. The second-order valence-corrected chi connectivity index (χ2v) is 5.98. The quantitative estimate of drug-likeness (QED) is 0.618. The Bertz CT molecular complexity index is 892. The van der Waals surface area contributed by atoms with E-state index in [0.29, 0.717) is 0 Å². The van der Waals surface area contributed by atoms with Gasteiger partial charge in [0.05, 0.1) is 29.6 Å². The van der Waals surface area contributed by atoms with Crippen LogP contribution in [0.3, 0.4) is 0 Å². The molecule has 0 radical (unpaired) electrons. The highest BCUT2D eigenvalue weighted by Crippen LogP contribution is 2.19. The summed E-state index contributed by atoms with van der Waals surface area (Å²) in [5.41, 5.74) is 0.0826. The van der Waals surface area contributed by atoms with Crippen LogP contribution in [0.1, 0.15) is 6.42 Å². The standard InChI is InChI=1S/C13H10N6O4S/c14-6-1-7-19-13(20)12(11(8-15)18-19)17-16-9-2-4-10(5-3-9)24(21,22)23/h2-5,12H,1,7H2,(H,21,22,23). The molecular formula is C13H10N6O4S. The number of carbonyl (C=O) groups is 1. The van der Waals surface area contributed by atoms with Crippen molar-refractivity contribution >= 4 is 27.4 Å². The van der Waals surface area contributed by atoms with Crippen LogP contribution < -0.4 is 0 Å². The summed E-state index contributed by atoms with van der Waals surface area (Å²) in [4.78, 5) is 11.8. The first-order valence-electron chi connectivity index (χ1n) is 6.52. The van der Waals surface area contributed by atoms with Crippen LogP contribution in [0.25, 0.3) is 0 Å². The van der Waals surface area contributed by atoms with E-state index in [0.717, 1.165) is 17.1 Å². The molecule has 0 aromatic heterocycles. The highest BCUT2D eigenvalue weighted by atomic mass is 32.2. The van der Waals surface area contributed by atoms with Crippen LogP contribution in [0.15, 0.2) is 44.5 Å². The van der Waals surface area contributed by atoms with Gasteiger partial charge in [-0.3, -0.25) is 9.35 Å². The zero-order valence-corrected chi connectivity index (χ0v) is 12.9. The molecule has 1 aliphatic rings. The molecule has 2 rings (SSSR count). The van der Waals surface area contributed by atoms with Crippen molar-refractivity contribution in [3.63, 3.8) is 0 Å². The molecule has 0 spiro atoms. The zero-order chi connectivity index (χ0) is 17.7. The van der Waals surface area contributed by atoms with Crippen LogP contribution in [-0.2, 0) is 14.9 Å². The van der Waals surface area contributed by atoms with E-state index in [-0.39, 0.29) is 29.3 Å². The Labute approximate surface area is 137 Å². The Morgan fingerprint density at radius 1 is 1.29 bits per heavy atom. The lowest BCUT2D eigenvalue weighted by Crippen LogP contribution is -2.30. The van der Waals surface area contributed by atoms with Crippen molar-refractivity contribution in [1.29, 1.82) is 10.5 Å². The van der Waals surface area contributed by atoms with Gasteiger partial charge in [0, 0.05) is 0 Å². The first kappa shape index (κ1) is 17.2. The maximum Gasteiger partial charge on any atom is 0.294 e. The lowest BCUT2D eigenvalue weighted by atomic mass is 10.2. The Kier molecular flexibility index (Phi) is 4.99. The number of hydrogen-bond donors (Lipinski definition) is 1. The van der Waals surface area contributed by atoms with Crippen molar-refractivity contribution in [3.05, 3.63) is 24.3 Å². The van der Waals surface area contributed by atoms with Gasteiger partial charge in [-0.1, -0.05) is 0 Å². The summed E-state index contributed by atoms with van der Waals surface area (Å²) in [6, 6.07) is 7.23. The van der Waals surface area contributed by atoms with Gasteiger partial charge in [-0.2, -0.15) is 34.3 Å². The Morgan fingerprint density at radius 2 is 1.96 bits per heavy atom. The fraction of sp³-hybridized carbons (Fsp3) is 0.231. The van der Waals surface area contributed by atoms with Crippen LogP contribution in [-0.4, -0.2) is 42.2 Å². The minimum atomic E-state index is -4.31. The van der Waals surface area contributed by atoms with Gasteiger partial charge in [0.15, 0.2) is 5.71 Å². The van der Waals surface area contributed by atoms with Gasteiger partial charge in [-0.05, 0) is 24.3 Å². The Morgan fingerprint density at radius 3 is 2.50 bits per heavy atom. The molecule has 1 heterocycles. The molecule has 0 saturated heterocycles. The van der Waals surface area contributed by atoms with Gasteiger partial charge in [-0.25, -0.2) is 5.01 Å². The molecule has 1 unspecified atom stereocenters. The number of nitrogens with zero attached hydrogens (tertiary/aromatic N) is 6. The van der Waals surface area contributed by atoms with Crippen molar-refractivity contribution in [1.82, 2.24) is 5.01 Å². The SMILES string of the molecule is N#CCCN1N=C(C#N)C(N=Nc2ccc(S(=O)(=O)O)cc2)C1=O. The average Bonchev–Trinajstić information content (AvgIpc) is 2.86. The maximum absolute atomic E-state index is 12.1. The number of nitriles is 2. The van der Waals surface area contributed by atoms with Gasteiger partial charge < -0.3 is 0 Å². The van der Waals surface area contributed by atoms with Crippen LogP contribution in [0, 0.1) is 22.7 Å². The van der Waals surface area contributed by atoms with Gasteiger partial charge >= 0.3 is 0 Å². The second-order valence-electron chi connectivity index (χ2n) is 4.55. The molecule has 1 amide bonds. The zero-order valence-electron chi connectivity index (χ0n) is 12.1. The molecule has 0 saturated carbocycles. The molecule has 1 aliphatic heterocycles. The molecule has 1 N–H and O–H groups in total. The van der Waals surface area contributed by atoms with E-state index in [9.17, 15) is 13.2 Å². The number of rotatable bonds is 5. The predicted molar refractivity (Wildman–Crippen MR) is 79.6 cm³/mol. The minimum absolute atomic E-state index is 0.0512. The fourth-order valence-corrected chi connectivity index (χ4v) is 2.29. The summed E-state index contributed by atoms with van der Waals surface area (Å²) in [5.74, 6) is -0.569. The summed E-state index contributed by atoms with van der Waals surface area (Å²) in [5, 5.41) is 29.9. The topological polar surface area (TPSA) is 159 Å². The van der Waals surface area contributed by atoms with E-state index in [1.165, 1.54) is 12.1 Å². The first-order valence-corrected chi connectivity index (χ1v) is 7.96. The van der Waals surface area contributed by atoms with Crippen molar-refractivity contribution in [2.45, 2.75) is 17.4 Å². The van der Waals surface area contributed by atoms with E-state index >= 15 is 0 Å². The highest BCUT2D eigenvalue weighted by Gasteiger charge is 2.36. The molecule has 10 nitrogen and oxygen atoms in total. The van der Waals surface area contributed by atoms with Gasteiger partial charge in [-0.15, -0.1) is 0 Å². The molecular weight excluding hydrogens is 336 g/mol. The summed E-state index contributed by atoms with van der Waals surface area (Å²) in [6.07, 6.45) is 0.0644. The number of hydrazone groups is 1. The van der Waals surface area contributed by atoms with Crippen molar-refractivity contribution in [2.24, 2.45) is 15.3 Å². The molecule has 0 fully saturated rings. The van der Waals surface area contributed by atoms with Crippen LogP contribution in [0.2, 0.25) is 0 Å². The predicted octanol–water partition coefficient (Wildman–Crippen LogP) is 1.02. The summed E-state index contributed by atoms with van der Waals surface area (Å²) in [7, 11) is -4.31. The Balaban J connectivity index is 2.17. The maximum atomic E-state index is 12.1. The summed E-state index contributed by atoms with van der Waals surface area (Å²) >= 11 is 0. The van der Waals surface area contributed by atoms with E-state index in [1.54, 1.807) is 6.07 Å². The third-order valence-electron chi connectivity index (χ3n) is 2.95. The molecule has 0 aliphatic carbocycles. The Hall–Kier alpha value is -3.15. The number of carbonyl (C=O) groups excluding carboxylic acids is 1. The molecule has 1 aromatic rings. The first-order chi connectivity index (χ1) is 11.4. The van der Waals surface area contributed by atoms with Gasteiger partial charge in [0.1, 0.15) is 6.07 Å². The van der Waals surface area contributed by atoms with Crippen molar-refractivity contribution in [2.75, 3.05) is 6.54 Å². The largest absolute Gasteiger partial charge is 0.294 e. The number of amides is 1. The van der Waals surface area contributed by atoms with E-state index in [4.69, 9.17) is 15.1 Å². The molecule has 122 valence electrons. The van der Waals surface area contributed by atoms with Gasteiger partial charge in [0.25, 0.3) is 16.0 Å². The lowest BCUT2D eigenvalue weighted by molar-refractivity contribution is -0.129. The van der Waals surface area contributed by atoms with E-state index < -0.39 is 22.1 Å². The van der Waals surface area contributed by atoms with Crippen molar-refractivity contribution in [3.8, 4) is 12.1 Å². The molecule has 0 bridgehead atoms. The summed E-state index contributed by atoms with van der Waals surface area (Å²) in [6.45, 7) is 0.0512. The van der Waals surface area contributed by atoms with Crippen LogP contribution >= 0.6 is 0 Å². The number of hydrogen-bond acceptors (Lipinski definition) is 8. The minimum Gasteiger partial charge on any atom is -0.282 e. The molecule has 24 heavy (non-hydrogen) atoms. The summed E-state index contributed by atoms with van der Waals surface area (Å²) < 4.78 is 30.7. The second kappa shape index (κ2) is 6.95. The van der Waals surface area contributed by atoms with Gasteiger partial charge in [0.2, 0.25) is 6.04 Å². The smallest absolute Gasteiger partial charge is 0.282 e. The monoisotopic (exact) mass is 346 g/mol. The molecule has 1 aromatic carbocycles. The van der Waals surface area contributed by atoms with E-state index in [1.807, 2.05) is 6.07 Å². The molecule has 1 atom stereocenters. The third-order valence-corrected chi connectivity index (χ3v) is 3.82. The normalized spacial score (nSPS) is 17.6.